The first-order valence-corrected chi connectivity index (χ1v) is 8.77. The summed E-state index contributed by atoms with van der Waals surface area (Å²) in [5, 5.41) is 0. The lowest BCUT2D eigenvalue weighted by Crippen LogP contribution is -2.29. The molecule has 1 N–H and O–H groups in total. The molecule has 2 aromatic rings. The lowest BCUT2D eigenvalue weighted by atomic mass is 10.0. The Morgan fingerprint density at radius 1 is 1.47 bits per heavy atom. The highest BCUT2D eigenvalue weighted by Crippen LogP contribution is 2.33. The Hall–Kier alpha value is -0.330. The van der Waals surface area contributed by atoms with E-state index in [-0.39, 0.29) is 4.75 Å². The van der Waals surface area contributed by atoms with Crippen LogP contribution >= 0.6 is 39.9 Å². The molecule has 3 nitrogen and oxygen atoms in total. The minimum Gasteiger partial charge on any atom is -0.329 e. The van der Waals surface area contributed by atoms with Gasteiger partial charge >= 0.3 is 0 Å². The van der Waals surface area contributed by atoms with Crippen molar-refractivity contribution in [3.05, 3.63) is 21.5 Å². The number of rotatable bonds is 5. The van der Waals surface area contributed by atoms with E-state index in [4.69, 9.17) is 12.2 Å². The molecule has 0 radical (unpaired) electrons. The molecule has 0 atom stereocenters. The molecule has 0 saturated heterocycles. The standard InChI is InChI=1S/C13H18BrN3S2/c1-4-13(5-2,19-3)8-17-11-10(16-12(17)18)6-9(14)7-15-11/h6-7H,4-5,8H2,1-3H3,(H,16,18). The average Bonchev–Trinajstić information content (AvgIpc) is 2.71. The van der Waals surface area contributed by atoms with Gasteiger partial charge in [-0.15, -0.1) is 0 Å². The zero-order chi connectivity index (χ0) is 14.0. The summed E-state index contributed by atoms with van der Waals surface area (Å²) in [6.07, 6.45) is 6.24. The zero-order valence-corrected chi connectivity index (χ0v) is 14.6. The lowest BCUT2D eigenvalue weighted by molar-refractivity contribution is 0.469. The number of pyridine rings is 1. The average molecular weight is 360 g/mol. The smallest absolute Gasteiger partial charge is 0.179 e. The molecule has 0 fully saturated rings. The predicted molar refractivity (Wildman–Crippen MR) is 89.4 cm³/mol. The third-order valence-electron chi connectivity index (χ3n) is 3.74. The molecular formula is C13H18BrN3S2. The fourth-order valence-corrected chi connectivity index (χ4v) is 3.71. The Balaban J connectivity index is 2.51. The molecule has 0 amide bonds. The van der Waals surface area contributed by atoms with E-state index < -0.39 is 0 Å². The van der Waals surface area contributed by atoms with Crippen molar-refractivity contribution >= 4 is 51.1 Å². The first-order chi connectivity index (χ1) is 9.05. The number of nitrogens with zero attached hydrogens (tertiary/aromatic N) is 2. The third kappa shape index (κ3) is 2.90. The molecule has 0 saturated carbocycles. The van der Waals surface area contributed by atoms with Crippen molar-refractivity contribution in [1.82, 2.24) is 14.5 Å². The number of hydrogen-bond acceptors (Lipinski definition) is 3. The third-order valence-corrected chi connectivity index (χ3v) is 6.07. The maximum Gasteiger partial charge on any atom is 0.179 e. The van der Waals surface area contributed by atoms with E-state index >= 15 is 0 Å². The molecule has 0 spiro atoms. The van der Waals surface area contributed by atoms with Crippen molar-refractivity contribution in [2.24, 2.45) is 0 Å². The number of halogens is 1. The molecular weight excluding hydrogens is 342 g/mol. The van der Waals surface area contributed by atoms with Crippen molar-refractivity contribution in [1.29, 1.82) is 0 Å². The topological polar surface area (TPSA) is 33.6 Å². The van der Waals surface area contributed by atoms with Gasteiger partial charge in [-0.25, -0.2) is 4.98 Å². The van der Waals surface area contributed by atoms with E-state index in [0.29, 0.717) is 0 Å². The van der Waals surface area contributed by atoms with Crippen LogP contribution in [0, 0.1) is 4.77 Å². The van der Waals surface area contributed by atoms with Crippen LogP contribution in [0.1, 0.15) is 26.7 Å². The Bertz CT molecular complexity index is 620. The lowest BCUT2D eigenvalue weighted by Gasteiger charge is -2.30. The highest BCUT2D eigenvalue weighted by atomic mass is 79.9. The quantitative estimate of drug-likeness (QED) is 0.779. The van der Waals surface area contributed by atoms with Gasteiger partial charge in [0.25, 0.3) is 0 Å². The van der Waals surface area contributed by atoms with Crippen LogP contribution in [0.3, 0.4) is 0 Å². The highest BCUT2D eigenvalue weighted by molar-refractivity contribution is 9.10. The van der Waals surface area contributed by atoms with Crippen molar-refractivity contribution in [3.63, 3.8) is 0 Å². The maximum atomic E-state index is 5.45. The minimum absolute atomic E-state index is 0.224. The Morgan fingerprint density at radius 3 is 2.74 bits per heavy atom. The first kappa shape index (κ1) is 15.1. The summed E-state index contributed by atoms with van der Waals surface area (Å²) >= 11 is 10.8. The van der Waals surface area contributed by atoms with E-state index in [1.807, 2.05) is 24.0 Å². The van der Waals surface area contributed by atoms with E-state index in [1.54, 1.807) is 0 Å². The second-order valence-electron chi connectivity index (χ2n) is 4.64. The van der Waals surface area contributed by atoms with Crippen LogP contribution in [0.5, 0.6) is 0 Å². The van der Waals surface area contributed by atoms with Gasteiger partial charge in [0.05, 0.1) is 5.52 Å². The minimum atomic E-state index is 0.224. The van der Waals surface area contributed by atoms with Crippen molar-refractivity contribution in [2.75, 3.05) is 6.26 Å². The van der Waals surface area contributed by atoms with Crippen molar-refractivity contribution in [2.45, 2.75) is 38.0 Å². The molecule has 0 bridgehead atoms. The monoisotopic (exact) mass is 359 g/mol. The van der Waals surface area contributed by atoms with Crippen LogP contribution in [0.2, 0.25) is 0 Å². The molecule has 0 aliphatic heterocycles. The van der Waals surface area contributed by atoms with Gasteiger partial charge in [-0.3, -0.25) is 0 Å². The van der Waals surface area contributed by atoms with Gasteiger partial charge in [-0.1, -0.05) is 13.8 Å². The molecule has 2 heterocycles. The molecule has 6 heteroatoms. The molecule has 104 valence electrons. The Kier molecular flexibility index (Phi) is 4.74. The first-order valence-electron chi connectivity index (χ1n) is 6.34. The Labute approximate surface area is 131 Å². The van der Waals surface area contributed by atoms with E-state index in [9.17, 15) is 0 Å². The van der Waals surface area contributed by atoms with Crippen molar-refractivity contribution < 1.29 is 0 Å². The summed E-state index contributed by atoms with van der Waals surface area (Å²) < 4.78 is 4.06. The second kappa shape index (κ2) is 5.97. The number of aromatic nitrogens is 3. The summed E-state index contributed by atoms with van der Waals surface area (Å²) in [5.74, 6) is 0. The van der Waals surface area contributed by atoms with Crippen LogP contribution in [-0.2, 0) is 6.54 Å². The summed E-state index contributed by atoms with van der Waals surface area (Å²) in [4.78, 5) is 7.74. The van der Waals surface area contributed by atoms with Gasteiger partial charge in [0.15, 0.2) is 10.4 Å². The van der Waals surface area contributed by atoms with Crippen LogP contribution in [0.4, 0.5) is 0 Å². The van der Waals surface area contributed by atoms with Gasteiger partial charge in [0, 0.05) is 22.0 Å². The van der Waals surface area contributed by atoms with E-state index in [0.717, 1.165) is 39.8 Å². The number of aromatic amines is 1. The molecule has 2 rings (SSSR count). The molecule has 19 heavy (non-hydrogen) atoms. The number of H-pyrrole nitrogens is 1. The number of imidazole rings is 1. The summed E-state index contributed by atoms with van der Waals surface area (Å²) in [6.45, 7) is 5.37. The van der Waals surface area contributed by atoms with E-state index in [1.165, 1.54) is 0 Å². The largest absolute Gasteiger partial charge is 0.329 e. The van der Waals surface area contributed by atoms with Crippen LogP contribution in [0.25, 0.3) is 11.2 Å². The summed E-state index contributed by atoms with van der Waals surface area (Å²) in [7, 11) is 0. The molecule has 0 aliphatic carbocycles. The van der Waals surface area contributed by atoms with E-state index in [2.05, 4.69) is 50.6 Å². The highest BCUT2D eigenvalue weighted by Gasteiger charge is 2.26. The van der Waals surface area contributed by atoms with Gasteiger partial charge in [0.1, 0.15) is 0 Å². The zero-order valence-electron chi connectivity index (χ0n) is 11.4. The molecule has 0 aromatic carbocycles. The van der Waals surface area contributed by atoms with Gasteiger partial charge < -0.3 is 9.55 Å². The van der Waals surface area contributed by atoms with Gasteiger partial charge in [0.2, 0.25) is 0 Å². The number of fused-ring (bicyclic) bond motifs is 1. The summed E-state index contributed by atoms with van der Waals surface area (Å²) in [5.41, 5.74) is 1.93. The normalized spacial score (nSPS) is 12.2. The van der Waals surface area contributed by atoms with Crippen molar-refractivity contribution in [3.8, 4) is 0 Å². The summed E-state index contributed by atoms with van der Waals surface area (Å²) in [6, 6.07) is 2.02. The maximum absolute atomic E-state index is 5.45. The van der Waals surface area contributed by atoms with Gasteiger partial charge in [-0.05, 0) is 53.3 Å². The van der Waals surface area contributed by atoms with Crippen LogP contribution in [-0.4, -0.2) is 25.5 Å². The SMILES string of the molecule is CCC(CC)(Cn1c(=S)[nH]c2cc(Br)cnc21)SC. The number of hydrogen-bond donors (Lipinski definition) is 1. The predicted octanol–water partition coefficient (Wildman–Crippen LogP) is 4.78. The number of thioether (sulfide) groups is 1. The molecule has 2 aromatic heterocycles. The van der Waals surface area contributed by atoms with Gasteiger partial charge in [-0.2, -0.15) is 11.8 Å². The second-order valence-corrected chi connectivity index (χ2v) is 7.21. The fourth-order valence-electron chi connectivity index (χ4n) is 2.28. The van der Waals surface area contributed by atoms with Crippen LogP contribution < -0.4 is 0 Å². The number of nitrogens with one attached hydrogen (secondary N) is 1. The molecule has 0 unspecified atom stereocenters. The molecule has 0 aliphatic rings. The Morgan fingerprint density at radius 2 is 2.16 bits per heavy atom. The fraction of sp³-hybridized carbons (Fsp3) is 0.538. The van der Waals surface area contributed by atoms with Crippen LogP contribution in [0.15, 0.2) is 16.7 Å².